The van der Waals surface area contributed by atoms with Crippen LogP contribution in [0.3, 0.4) is 0 Å². The second kappa shape index (κ2) is 10.3. The summed E-state index contributed by atoms with van der Waals surface area (Å²) in [6.45, 7) is 5.52. The van der Waals surface area contributed by atoms with Crippen molar-refractivity contribution in [2.24, 2.45) is 4.99 Å². The summed E-state index contributed by atoms with van der Waals surface area (Å²) in [5.74, 6) is 1.37. The van der Waals surface area contributed by atoms with Gasteiger partial charge in [-0.25, -0.2) is 9.98 Å². The molecule has 2 heterocycles. The van der Waals surface area contributed by atoms with Gasteiger partial charge in [0.1, 0.15) is 12.0 Å². The molecule has 3 aromatic rings. The first-order valence-corrected chi connectivity index (χ1v) is 11.1. The first-order valence-electron chi connectivity index (χ1n) is 11.1. The van der Waals surface area contributed by atoms with Gasteiger partial charge in [-0.15, -0.1) is 5.48 Å². The first-order chi connectivity index (χ1) is 16.4. The molecule has 0 fully saturated rings. The van der Waals surface area contributed by atoms with Crippen molar-refractivity contribution < 1.29 is 4.84 Å². The van der Waals surface area contributed by atoms with E-state index in [9.17, 15) is 0 Å². The number of aromatic nitrogens is 1. The SMILES string of the molecule is Cc1cc(C2=NC(CN(C)C)NO2)cc(C)c1NCc1cccc(Nc2ccc(C#N)cc2)n1. The number of nitriles is 1. The van der Waals surface area contributed by atoms with E-state index in [4.69, 9.17) is 15.1 Å². The molecule has 4 rings (SSSR count). The highest BCUT2D eigenvalue weighted by molar-refractivity contribution is 5.96. The number of hydrogen-bond donors (Lipinski definition) is 3. The topological polar surface area (TPSA) is 97.6 Å². The Labute approximate surface area is 200 Å². The average Bonchev–Trinajstić information content (AvgIpc) is 3.27. The molecule has 1 aliphatic heterocycles. The molecule has 0 saturated carbocycles. The van der Waals surface area contributed by atoms with Crippen LogP contribution in [0.25, 0.3) is 0 Å². The standard InChI is InChI=1S/C26H29N7O/c1-17-12-20(26-31-24(32-34-26)16-33(3)4)13-18(2)25(17)28-15-22-6-5-7-23(30-22)29-21-10-8-19(14-27)9-11-21/h5-13,24,28,32H,15-16H2,1-4H3,(H,29,30). The Morgan fingerprint density at radius 3 is 2.50 bits per heavy atom. The lowest BCUT2D eigenvalue weighted by atomic mass is 10.0. The van der Waals surface area contributed by atoms with Gasteiger partial charge in [-0.3, -0.25) is 0 Å². The average molecular weight is 456 g/mol. The summed E-state index contributed by atoms with van der Waals surface area (Å²) in [6.07, 6.45) is -0.0698. The number of hydroxylamine groups is 1. The highest BCUT2D eigenvalue weighted by Gasteiger charge is 2.21. The third kappa shape index (κ3) is 5.70. The molecule has 1 unspecified atom stereocenters. The molecule has 8 heteroatoms. The number of nitrogens with one attached hydrogen (secondary N) is 3. The predicted octanol–water partition coefficient (Wildman–Crippen LogP) is 4.09. The Morgan fingerprint density at radius 1 is 1.09 bits per heavy atom. The smallest absolute Gasteiger partial charge is 0.242 e. The molecule has 2 aromatic carbocycles. The monoisotopic (exact) mass is 455 g/mol. The van der Waals surface area contributed by atoms with Gasteiger partial charge in [0.05, 0.1) is 23.9 Å². The number of hydrogen-bond acceptors (Lipinski definition) is 8. The number of aryl methyl sites for hydroxylation is 2. The van der Waals surface area contributed by atoms with Gasteiger partial charge in [-0.1, -0.05) is 6.07 Å². The van der Waals surface area contributed by atoms with Crippen LogP contribution < -0.4 is 16.1 Å². The van der Waals surface area contributed by atoms with Crippen LogP contribution in [0.4, 0.5) is 17.2 Å². The number of benzene rings is 2. The molecule has 0 aliphatic carbocycles. The van der Waals surface area contributed by atoms with Crippen LogP contribution in [-0.2, 0) is 11.4 Å². The molecule has 3 N–H and O–H groups in total. The lowest BCUT2D eigenvalue weighted by Crippen LogP contribution is -2.32. The fourth-order valence-electron chi connectivity index (χ4n) is 3.84. The molecule has 0 saturated heterocycles. The number of pyridine rings is 1. The molecule has 0 radical (unpaired) electrons. The van der Waals surface area contributed by atoms with Gasteiger partial charge in [0.25, 0.3) is 0 Å². The number of nitrogens with zero attached hydrogens (tertiary/aromatic N) is 4. The van der Waals surface area contributed by atoms with E-state index in [1.54, 1.807) is 12.1 Å². The maximum Gasteiger partial charge on any atom is 0.242 e. The van der Waals surface area contributed by atoms with E-state index < -0.39 is 0 Å². The molecule has 0 amide bonds. The number of likely N-dealkylation sites (N-methyl/N-ethyl adjacent to an activating group) is 1. The van der Waals surface area contributed by atoms with Gasteiger partial charge >= 0.3 is 0 Å². The fraction of sp³-hybridized carbons (Fsp3) is 0.269. The molecule has 0 spiro atoms. The quantitative estimate of drug-likeness (QED) is 0.471. The summed E-state index contributed by atoms with van der Waals surface area (Å²) in [4.78, 5) is 17.0. The second-order valence-corrected chi connectivity index (χ2v) is 8.60. The lowest BCUT2D eigenvalue weighted by molar-refractivity contribution is 0.162. The maximum absolute atomic E-state index is 8.95. The van der Waals surface area contributed by atoms with Gasteiger partial charge in [-0.2, -0.15) is 5.26 Å². The van der Waals surface area contributed by atoms with Crippen molar-refractivity contribution >= 4 is 23.1 Å². The van der Waals surface area contributed by atoms with Crippen molar-refractivity contribution in [3.8, 4) is 6.07 Å². The van der Waals surface area contributed by atoms with Crippen LogP contribution in [0.5, 0.6) is 0 Å². The summed E-state index contributed by atoms with van der Waals surface area (Å²) < 4.78 is 0. The second-order valence-electron chi connectivity index (χ2n) is 8.60. The zero-order valence-corrected chi connectivity index (χ0v) is 19.9. The summed E-state index contributed by atoms with van der Waals surface area (Å²) in [5.41, 5.74) is 9.67. The zero-order chi connectivity index (χ0) is 24.1. The Morgan fingerprint density at radius 2 is 1.82 bits per heavy atom. The summed E-state index contributed by atoms with van der Waals surface area (Å²) >= 11 is 0. The molecule has 1 aromatic heterocycles. The van der Waals surface area contributed by atoms with Gasteiger partial charge in [0.15, 0.2) is 0 Å². The van der Waals surface area contributed by atoms with Crippen molar-refractivity contribution in [1.82, 2.24) is 15.4 Å². The minimum absolute atomic E-state index is 0.0698. The summed E-state index contributed by atoms with van der Waals surface area (Å²) in [7, 11) is 4.02. The fourth-order valence-corrected chi connectivity index (χ4v) is 3.84. The molecule has 1 aliphatic rings. The van der Waals surface area contributed by atoms with Crippen LogP contribution in [0.2, 0.25) is 0 Å². The van der Waals surface area contributed by atoms with E-state index in [-0.39, 0.29) is 6.17 Å². The minimum Gasteiger partial charge on any atom is -0.386 e. The van der Waals surface area contributed by atoms with E-state index in [1.807, 2.05) is 44.4 Å². The Balaban J connectivity index is 1.42. The van der Waals surface area contributed by atoms with E-state index in [1.165, 1.54) is 0 Å². The van der Waals surface area contributed by atoms with Crippen molar-refractivity contribution in [2.75, 3.05) is 31.3 Å². The van der Waals surface area contributed by atoms with Gasteiger partial charge < -0.3 is 20.4 Å². The predicted molar refractivity (Wildman–Crippen MR) is 135 cm³/mol. The lowest BCUT2D eigenvalue weighted by Gasteiger charge is -2.15. The van der Waals surface area contributed by atoms with Gasteiger partial charge in [-0.05, 0) is 87.6 Å². The molecular formula is C26H29N7O. The van der Waals surface area contributed by atoms with Crippen molar-refractivity contribution in [1.29, 1.82) is 5.26 Å². The van der Waals surface area contributed by atoms with E-state index >= 15 is 0 Å². The summed E-state index contributed by atoms with van der Waals surface area (Å²) in [6, 6.07) is 19.5. The van der Waals surface area contributed by atoms with E-state index in [2.05, 4.69) is 58.1 Å². The van der Waals surface area contributed by atoms with Gasteiger partial charge in [0.2, 0.25) is 5.90 Å². The molecular weight excluding hydrogens is 426 g/mol. The molecule has 0 bridgehead atoms. The third-order valence-electron chi connectivity index (χ3n) is 5.42. The van der Waals surface area contributed by atoms with E-state index in [0.717, 1.165) is 46.1 Å². The minimum atomic E-state index is -0.0698. The molecule has 1 atom stereocenters. The largest absolute Gasteiger partial charge is 0.386 e. The van der Waals surface area contributed by atoms with Crippen molar-refractivity contribution in [3.05, 3.63) is 82.5 Å². The number of anilines is 3. The van der Waals surface area contributed by atoms with Crippen LogP contribution >= 0.6 is 0 Å². The van der Waals surface area contributed by atoms with Crippen LogP contribution in [0.15, 0.2) is 59.6 Å². The third-order valence-corrected chi connectivity index (χ3v) is 5.42. The van der Waals surface area contributed by atoms with Crippen LogP contribution in [0.1, 0.15) is 27.9 Å². The Kier molecular flexibility index (Phi) is 7.07. The Bertz CT molecular complexity index is 1210. The number of rotatable bonds is 8. The highest BCUT2D eigenvalue weighted by Crippen LogP contribution is 2.25. The molecule has 34 heavy (non-hydrogen) atoms. The molecule has 174 valence electrons. The first kappa shape index (κ1) is 23.2. The van der Waals surface area contributed by atoms with Crippen LogP contribution in [0, 0.1) is 25.2 Å². The van der Waals surface area contributed by atoms with Crippen molar-refractivity contribution in [3.63, 3.8) is 0 Å². The maximum atomic E-state index is 8.95. The zero-order valence-electron chi connectivity index (χ0n) is 19.9. The summed E-state index contributed by atoms with van der Waals surface area (Å²) in [5, 5.41) is 15.8. The molecule has 8 nitrogen and oxygen atoms in total. The van der Waals surface area contributed by atoms with Gasteiger partial charge in [0, 0.05) is 23.5 Å². The highest BCUT2D eigenvalue weighted by atomic mass is 16.7. The van der Waals surface area contributed by atoms with Crippen molar-refractivity contribution in [2.45, 2.75) is 26.6 Å². The Hall–Kier alpha value is -3.93. The van der Waals surface area contributed by atoms with E-state index in [0.29, 0.717) is 18.0 Å². The number of aliphatic imine (C=N–C) groups is 1. The normalized spacial score (nSPS) is 14.9. The van der Waals surface area contributed by atoms with Crippen LogP contribution in [-0.4, -0.2) is 42.6 Å².